The Labute approximate surface area is 139 Å². The Kier molecular flexibility index (Phi) is 4.11. The smallest absolute Gasteiger partial charge is 0.109 e. The fourth-order valence-corrected chi connectivity index (χ4v) is 3.46. The van der Waals surface area contributed by atoms with E-state index in [1.165, 1.54) is 11.1 Å². The highest BCUT2D eigenvalue weighted by molar-refractivity contribution is 5.73. The maximum atomic E-state index is 6.09. The molecule has 2 nitrogen and oxygen atoms in total. The number of rotatable bonds is 4. The lowest BCUT2D eigenvalue weighted by molar-refractivity contribution is 0.0668. The van der Waals surface area contributed by atoms with Crippen molar-refractivity contribution in [1.29, 1.82) is 0 Å². The first-order valence-corrected chi connectivity index (χ1v) is 8.20. The molecule has 0 aromatic heterocycles. The van der Waals surface area contributed by atoms with Crippen molar-refractivity contribution in [3.8, 4) is 0 Å². The third-order valence-electron chi connectivity index (χ3n) is 4.55. The molecule has 0 radical (unpaired) electrons. The van der Waals surface area contributed by atoms with Gasteiger partial charge in [-0.2, -0.15) is 0 Å². The fraction of sp³-hybridized carbons (Fsp3) is 0.381. The molecule has 2 aromatic carbocycles. The van der Waals surface area contributed by atoms with E-state index in [1.807, 2.05) is 13.2 Å². The average molecular weight is 307 g/mol. The van der Waals surface area contributed by atoms with Crippen molar-refractivity contribution in [2.75, 3.05) is 7.11 Å². The Morgan fingerprint density at radius 2 is 1.52 bits per heavy atom. The van der Waals surface area contributed by atoms with Gasteiger partial charge in [-0.05, 0) is 31.9 Å². The first-order chi connectivity index (χ1) is 11.0. The Hall–Kier alpha value is -1.93. The van der Waals surface area contributed by atoms with Crippen LogP contribution in [0.2, 0.25) is 0 Å². The lowest BCUT2D eigenvalue weighted by atomic mass is 10.0. The highest BCUT2D eigenvalue weighted by atomic mass is 16.5. The van der Waals surface area contributed by atoms with E-state index in [0.717, 1.165) is 0 Å². The molecule has 2 aromatic rings. The van der Waals surface area contributed by atoms with Gasteiger partial charge in [0.1, 0.15) is 5.60 Å². The monoisotopic (exact) mass is 307 g/mol. The maximum Gasteiger partial charge on any atom is 0.109 e. The molecule has 120 valence electrons. The molecule has 23 heavy (non-hydrogen) atoms. The molecule has 0 spiro atoms. The van der Waals surface area contributed by atoms with Crippen molar-refractivity contribution in [2.24, 2.45) is 10.9 Å². The number of ether oxygens (including phenoxy) is 1. The van der Waals surface area contributed by atoms with Crippen molar-refractivity contribution in [1.82, 2.24) is 0 Å². The Balaban J connectivity index is 2.03. The molecular weight excluding hydrogens is 282 g/mol. The molecule has 0 N–H and O–H groups in total. The molecule has 3 atom stereocenters. The van der Waals surface area contributed by atoms with Gasteiger partial charge in [-0.15, -0.1) is 0 Å². The van der Waals surface area contributed by atoms with Crippen LogP contribution in [0.4, 0.5) is 0 Å². The Morgan fingerprint density at radius 1 is 0.957 bits per heavy atom. The zero-order chi connectivity index (χ0) is 16.5. The van der Waals surface area contributed by atoms with Gasteiger partial charge in [0.15, 0.2) is 0 Å². The van der Waals surface area contributed by atoms with E-state index in [4.69, 9.17) is 9.73 Å². The molecule has 1 fully saturated rings. The van der Waals surface area contributed by atoms with E-state index in [2.05, 4.69) is 81.6 Å². The highest BCUT2D eigenvalue weighted by Gasteiger charge is 2.66. The van der Waals surface area contributed by atoms with Gasteiger partial charge in [-0.25, -0.2) is 0 Å². The molecule has 0 saturated heterocycles. The molecule has 0 unspecified atom stereocenters. The second kappa shape index (κ2) is 5.93. The van der Waals surface area contributed by atoms with Gasteiger partial charge in [0, 0.05) is 25.2 Å². The summed E-state index contributed by atoms with van der Waals surface area (Å²) in [5.74, 6) is 0.568. The largest absolute Gasteiger partial charge is 0.372 e. The van der Waals surface area contributed by atoms with Crippen LogP contribution in [0.15, 0.2) is 65.7 Å². The second-order valence-corrected chi connectivity index (χ2v) is 7.23. The quantitative estimate of drug-likeness (QED) is 0.743. The normalized spacial score (nSPS) is 27.3. The second-order valence-electron chi connectivity index (χ2n) is 7.23. The molecule has 2 heteroatoms. The van der Waals surface area contributed by atoms with Crippen molar-refractivity contribution in [3.63, 3.8) is 0 Å². The summed E-state index contributed by atoms with van der Waals surface area (Å²) in [6.45, 7) is 6.38. The number of aliphatic imine (C=N–C) groups is 1. The molecule has 1 saturated carbocycles. The summed E-state index contributed by atoms with van der Waals surface area (Å²) in [4.78, 5) is 4.76. The van der Waals surface area contributed by atoms with Crippen LogP contribution < -0.4 is 0 Å². The van der Waals surface area contributed by atoms with Crippen molar-refractivity contribution in [2.45, 2.75) is 37.8 Å². The molecule has 0 heterocycles. The van der Waals surface area contributed by atoms with Crippen LogP contribution in [0.1, 0.15) is 37.8 Å². The van der Waals surface area contributed by atoms with E-state index in [-0.39, 0.29) is 17.1 Å². The molecule has 1 aliphatic rings. The first kappa shape index (κ1) is 15.9. The van der Waals surface area contributed by atoms with Gasteiger partial charge in [0.2, 0.25) is 0 Å². The van der Waals surface area contributed by atoms with Crippen LogP contribution in [0.5, 0.6) is 0 Å². The van der Waals surface area contributed by atoms with Gasteiger partial charge in [-0.3, -0.25) is 4.99 Å². The van der Waals surface area contributed by atoms with Crippen LogP contribution >= 0.6 is 0 Å². The van der Waals surface area contributed by atoms with Gasteiger partial charge < -0.3 is 4.74 Å². The lowest BCUT2D eigenvalue weighted by Gasteiger charge is -2.17. The topological polar surface area (TPSA) is 21.6 Å². The van der Waals surface area contributed by atoms with Gasteiger partial charge in [0.05, 0.1) is 5.54 Å². The standard InChI is InChI=1S/C21H25NO/c1-20(2,3)22-15-18-19(16-11-7-5-8-12-16)21(18,23-4)17-13-9-6-10-14-17/h5-15,18-19H,1-4H3/t18-,19-,21+/m1/s1. The third kappa shape index (κ3) is 2.96. The summed E-state index contributed by atoms with van der Waals surface area (Å²) in [5.41, 5.74) is 2.16. The van der Waals surface area contributed by atoms with Crippen molar-refractivity contribution >= 4 is 6.21 Å². The molecule has 0 aliphatic heterocycles. The number of benzene rings is 2. The number of methoxy groups -OCH3 is 1. The van der Waals surface area contributed by atoms with Crippen molar-refractivity contribution < 1.29 is 4.74 Å². The highest BCUT2D eigenvalue weighted by Crippen LogP contribution is 2.65. The van der Waals surface area contributed by atoms with E-state index in [9.17, 15) is 0 Å². The molecular formula is C21H25NO. The summed E-state index contributed by atoms with van der Waals surface area (Å²) >= 11 is 0. The van der Waals surface area contributed by atoms with Crippen LogP contribution in [0.3, 0.4) is 0 Å². The van der Waals surface area contributed by atoms with Crippen LogP contribution in [0, 0.1) is 5.92 Å². The minimum Gasteiger partial charge on any atom is -0.372 e. The van der Waals surface area contributed by atoms with E-state index >= 15 is 0 Å². The van der Waals surface area contributed by atoms with Gasteiger partial charge >= 0.3 is 0 Å². The predicted octanol–water partition coefficient (Wildman–Crippen LogP) is 4.81. The summed E-state index contributed by atoms with van der Waals surface area (Å²) in [5, 5.41) is 0. The maximum absolute atomic E-state index is 6.09. The number of hydrogen-bond acceptors (Lipinski definition) is 2. The summed E-state index contributed by atoms with van der Waals surface area (Å²) < 4.78 is 6.09. The Bertz CT molecular complexity index is 672. The third-order valence-corrected chi connectivity index (χ3v) is 4.55. The van der Waals surface area contributed by atoms with Gasteiger partial charge in [-0.1, -0.05) is 60.7 Å². The Morgan fingerprint density at radius 3 is 2.04 bits per heavy atom. The van der Waals surface area contributed by atoms with Crippen molar-refractivity contribution in [3.05, 3.63) is 71.8 Å². The van der Waals surface area contributed by atoms with Crippen LogP contribution in [-0.4, -0.2) is 18.9 Å². The molecule has 3 rings (SSSR count). The van der Waals surface area contributed by atoms with E-state index in [1.54, 1.807) is 0 Å². The van der Waals surface area contributed by atoms with Crippen LogP contribution in [-0.2, 0) is 10.3 Å². The fourth-order valence-electron chi connectivity index (χ4n) is 3.46. The molecule has 0 bridgehead atoms. The minimum atomic E-state index is -0.308. The van der Waals surface area contributed by atoms with E-state index in [0.29, 0.717) is 5.92 Å². The lowest BCUT2D eigenvalue weighted by Crippen LogP contribution is -2.16. The summed E-state index contributed by atoms with van der Waals surface area (Å²) in [6, 6.07) is 21.1. The average Bonchev–Trinajstić information content (AvgIpc) is 3.23. The predicted molar refractivity (Wildman–Crippen MR) is 96.0 cm³/mol. The summed E-state index contributed by atoms with van der Waals surface area (Å²) in [6.07, 6.45) is 2.11. The molecule has 0 amide bonds. The van der Waals surface area contributed by atoms with E-state index < -0.39 is 0 Å². The number of hydrogen-bond donors (Lipinski definition) is 0. The minimum absolute atomic E-state index is 0.0694. The van der Waals surface area contributed by atoms with Gasteiger partial charge in [0.25, 0.3) is 0 Å². The van der Waals surface area contributed by atoms with Crippen LogP contribution in [0.25, 0.3) is 0 Å². The zero-order valence-electron chi connectivity index (χ0n) is 14.4. The SMILES string of the molecule is CO[C@@]1(c2ccccc2)[C@H](C=NC(C)(C)C)[C@H]1c1ccccc1. The first-order valence-electron chi connectivity index (χ1n) is 8.20. The molecule has 1 aliphatic carbocycles. The zero-order valence-corrected chi connectivity index (χ0v) is 14.4. The summed E-state index contributed by atoms with van der Waals surface area (Å²) in [7, 11) is 1.81. The number of nitrogens with zero attached hydrogens (tertiary/aromatic N) is 1.